The molecule has 2 rings (SSSR count). The average Bonchev–Trinajstić information content (AvgIpc) is 2.77. The van der Waals surface area contributed by atoms with Crippen molar-refractivity contribution >= 4 is 24.2 Å². The highest BCUT2D eigenvalue weighted by Crippen LogP contribution is 2.30. The summed E-state index contributed by atoms with van der Waals surface area (Å²) in [4.78, 5) is 44.3. The lowest BCUT2D eigenvalue weighted by molar-refractivity contribution is -0.149. The predicted octanol–water partition coefficient (Wildman–Crippen LogP) is 5.90. The summed E-state index contributed by atoms with van der Waals surface area (Å²) in [6.07, 6.45) is 3.61. The summed E-state index contributed by atoms with van der Waals surface area (Å²) in [7, 11) is 2.92. The molecule has 4 unspecified atom stereocenters. The first kappa shape index (κ1) is 37.8. The molecule has 1 N–H and O–H groups in total. The number of rotatable bonds is 2. The van der Waals surface area contributed by atoms with Crippen LogP contribution in [0, 0.1) is 23.7 Å². The van der Waals surface area contributed by atoms with Gasteiger partial charge in [0.05, 0.1) is 26.1 Å². The second-order valence-electron chi connectivity index (χ2n) is 11.5. The van der Waals surface area contributed by atoms with Crippen LogP contribution in [0.4, 0.5) is 9.59 Å². The van der Waals surface area contributed by atoms with Gasteiger partial charge in [-0.1, -0.05) is 34.1 Å². The standard InChI is InChI=1S/C10H18O5.C9H16O2.C8H15NO2.CH4/c1-9(2,3)14-7(11)13-8(12)15-10(4,5)6;1-7-5-3-4-6-8(7)9(10)11-2;1-6-3-4-9-5-7(6)8(10)11-2;/h1-6H3;7-8H,3-6H2,1-2H3;6-7,9H,3-5H2,1-2H3;1H4. The van der Waals surface area contributed by atoms with E-state index in [1.807, 2.05) is 0 Å². The summed E-state index contributed by atoms with van der Waals surface area (Å²) < 4.78 is 23.2. The predicted molar refractivity (Wildman–Crippen MR) is 146 cm³/mol. The minimum absolute atomic E-state index is 0. The molecule has 1 saturated heterocycles. The van der Waals surface area contributed by atoms with Gasteiger partial charge in [-0.05, 0) is 79.2 Å². The van der Waals surface area contributed by atoms with Crippen molar-refractivity contribution in [2.75, 3.05) is 27.3 Å². The average molecular weight is 548 g/mol. The van der Waals surface area contributed by atoms with Crippen LogP contribution in [0.25, 0.3) is 0 Å². The first-order valence-corrected chi connectivity index (χ1v) is 13.0. The van der Waals surface area contributed by atoms with Crippen LogP contribution in [0.5, 0.6) is 0 Å². The second-order valence-corrected chi connectivity index (χ2v) is 11.5. The van der Waals surface area contributed by atoms with Crippen LogP contribution >= 0.6 is 0 Å². The number of hydrogen-bond donors (Lipinski definition) is 1. The first-order valence-electron chi connectivity index (χ1n) is 13.0. The van der Waals surface area contributed by atoms with Gasteiger partial charge in [-0.25, -0.2) is 9.59 Å². The third-order valence-corrected chi connectivity index (χ3v) is 5.89. The molecule has 38 heavy (non-hydrogen) atoms. The van der Waals surface area contributed by atoms with Gasteiger partial charge in [0.2, 0.25) is 0 Å². The van der Waals surface area contributed by atoms with Crippen molar-refractivity contribution in [1.82, 2.24) is 5.32 Å². The highest BCUT2D eigenvalue weighted by atomic mass is 16.8. The van der Waals surface area contributed by atoms with Crippen molar-refractivity contribution in [3.05, 3.63) is 0 Å². The smallest absolute Gasteiger partial charge is 0.469 e. The van der Waals surface area contributed by atoms with Crippen LogP contribution in [0.15, 0.2) is 0 Å². The third-order valence-electron chi connectivity index (χ3n) is 5.89. The Morgan fingerprint density at radius 2 is 1.11 bits per heavy atom. The zero-order valence-corrected chi connectivity index (χ0v) is 24.4. The van der Waals surface area contributed by atoms with Crippen LogP contribution in [0.1, 0.15) is 94.9 Å². The lowest BCUT2D eigenvalue weighted by Crippen LogP contribution is -2.40. The Morgan fingerprint density at radius 3 is 1.50 bits per heavy atom. The molecule has 0 spiro atoms. The summed E-state index contributed by atoms with van der Waals surface area (Å²) in [5, 5.41) is 3.18. The molecule has 0 aromatic rings. The maximum Gasteiger partial charge on any atom is 0.519 e. The number of carbonyl (C=O) groups is 4. The van der Waals surface area contributed by atoms with Crippen molar-refractivity contribution in [2.45, 2.75) is 106 Å². The van der Waals surface area contributed by atoms with E-state index in [4.69, 9.17) is 14.2 Å². The van der Waals surface area contributed by atoms with Gasteiger partial charge in [0.15, 0.2) is 0 Å². The molecule has 2 fully saturated rings. The van der Waals surface area contributed by atoms with Crippen molar-refractivity contribution in [3.8, 4) is 0 Å². The lowest BCUT2D eigenvalue weighted by Gasteiger charge is -2.26. The van der Waals surface area contributed by atoms with Crippen LogP contribution < -0.4 is 5.32 Å². The Bertz CT molecular complexity index is 665. The van der Waals surface area contributed by atoms with Gasteiger partial charge in [-0.15, -0.1) is 0 Å². The van der Waals surface area contributed by atoms with Gasteiger partial charge in [0, 0.05) is 6.54 Å². The second kappa shape index (κ2) is 18.0. The monoisotopic (exact) mass is 547 g/mol. The van der Waals surface area contributed by atoms with Gasteiger partial charge >= 0.3 is 24.2 Å². The van der Waals surface area contributed by atoms with Crippen LogP contribution in [-0.4, -0.2) is 62.8 Å². The van der Waals surface area contributed by atoms with Crippen LogP contribution in [0.2, 0.25) is 0 Å². The number of hydrogen-bond acceptors (Lipinski definition) is 10. The van der Waals surface area contributed by atoms with Crippen molar-refractivity contribution in [1.29, 1.82) is 0 Å². The number of ether oxygens (including phenoxy) is 5. The maximum atomic E-state index is 11.2. The largest absolute Gasteiger partial charge is 0.519 e. The van der Waals surface area contributed by atoms with Crippen molar-refractivity contribution < 1.29 is 42.9 Å². The highest BCUT2D eigenvalue weighted by Gasteiger charge is 2.29. The molecule has 10 heteroatoms. The van der Waals surface area contributed by atoms with E-state index < -0.39 is 23.5 Å². The van der Waals surface area contributed by atoms with E-state index >= 15 is 0 Å². The fourth-order valence-electron chi connectivity index (χ4n) is 3.88. The number of nitrogens with one attached hydrogen (secondary N) is 1. The number of esters is 2. The molecule has 224 valence electrons. The van der Waals surface area contributed by atoms with E-state index in [0.717, 1.165) is 25.9 Å². The van der Waals surface area contributed by atoms with E-state index in [-0.39, 0.29) is 31.2 Å². The van der Waals surface area contributed by atoms with Gasteiger partial charge in [-0.2, -0.15) is 0 Å². The first-order chi connectivity index (χ1) is 17.0. The SMILES string of the molecule is C.CC(C)(C)OC(=O)OC(=O)OC(C)(C)C.COC(=O)C1CCCCC1C.COC(=O)C1CNCCC1C. The Kier molecular flexibility index (Phi) is 17.9. The molecule has 0 aromatic heterocycles. The summed E-state index contributed by atoms with van der Waals surface area (Å²) >= 11 is 0. The van der Waals surface area contributed by atoms with Gasteiger partial charge in [0.25, 0.3) is 0 Å². The van der Waals surface area contributed by atoms with E-state index in [0.29, 0.717) is 11.8 Å². The molecule has 10 nitrogen and oxygen atoms in total. The van der Waals surface area contributed by atoms with Crippen LogP contribution in [0.3, 0.4) is 0 Å². The van der Waals surface area contributed by atoms with Crippen molar-refractivity contribution in [2.24, 2.45) is 23.7 Å². The molecule has 4 atom stereocenters. The highest BCUT2D eigenvalue weighted by molar-refractivity contribution is 5.77. The fraction of sp³-hybridized carbons (Fsp3) is 0.857. The molecule has 2 aliphatic rings. The maximum absolute atomic E-state index is 11.2. The number of piperidine rings is 1. The molecule has 1 heterocycles. The van der Waals surface area contributed by atoms with Crippen molar-refractivity contribution in [3.63, 3.8) is 0 Å². The molecule has 1 aliphatic carbocycles. The van der Waals surface area contributed by atoms with Crippen LogP contribution in [-0.2, 0) is 33.3 Å². The van der Waals surface area contributed by atoms with Gasteiger partial charge in [0.1, 0.15) is 11.2 Å². The minimum atomic E-state index is -1.06. The van der Waals surface area contributed by atoms with Gasteiger partial charge < -0.3 is 29.0 Å². The summed E-state index contributed by atoms with van der Waals surface area (Å²) in [5.41, 5.74) is -1.39. The summed E-state index contributed by atoms with van der Waals surface area (Å²) in [6, 6.07) is 0. The normalized spacial score (nSPS) is 22.9. The zero-order chi connectivity index (χ0) is 28.8. The molecule has 0 amide bonds. The van der Waals surface area contributed by atoms with E-state index in [1.54, 1.807) is 41.5 Å². The van der Waals surface area contributed by atoms with E-state index in [9.17, 15) is 19.2 Å². The number of methoxy groups -OCH3 is 2. The topological polar surface area (TPSA) is 126 Å². The van der Waals surface area contributed by atoms with E-state index in [1.165, 1.54) is 33.5 Å². The number of carbonyl (C=O) groups excluding carboxylic acids is 4. The third kappa shape index (κ3) is 17.2. The quantitative estimate of drug-likeness (QED) is 0.253. The minimum Gasteiger partial charge on any atom is -0.469 e. The molecule has 0 radical (unpaired) electrons. The molecule has 1 aliphatic heterocycles. The summed E-state index contributed by atoms with van der Waals surface area (Å²) in [5.74, 6) is 1.13. The Hall–Kier alpha value is -2.36. The van der Waals surface area contributed by atoms with E-state index in [2.05, 4.69) is 28.6 Å². The summed E-state index contributed by atoms with van der Waals surface area (Å²) in [6.45, 7) is 16.1. The fourth-order valence-corrected chi connectivity index (χ4v) is 3.88. The van der Waals surface area contributed by atoms with Gasteiger partial charge in [-0.3, -0.25) is 9.59 Å². The Morgan fingerprint density at radius 1 is 0.684 bits per heavy atom. The molecular weight excluding hydrogens is 494 g/mol. The molecule has 0 aromatic carbocycles. The zero-order valence-electron chi connectivity index (χ0n) is 24.4. The molecule has 0 bridgehead atoms. The Labute approximate surface area is 229 Å². The molecular formula is C28H53NO9. The molecule has 1 saturated carbocycles. The lowest BCUT2D eigenvalue weighted by atomic mass is 9.80. The Balaban J connectivity index is 0.